The summed E-state index contributed by atoms with van der Waals surface area (Å²) in [5.41, 5.74) is 4.88. The molecule has 3 rings (SSSR count). The molecule has 2 atom stereocenters. The van der Waals surface area contributed by atoms with Gasteiger partial charge in [-0.25, -0.2) is 0 Å². The summed E-state index contributed by atoms with van der Waals surface area (Å²) in [6, 6.07) is 0. The maximum Gasteiger partial charge on any atom is 0.0665 e. The van der Waals surface area contributed by atoms with Crippen LogP contribution < -0.4 is 0 Å². The van der Waals surface area contributed by atoms with E-state index in [0.717, 1.165) is 11.8 Å². The molecule has 13 heavy (non-hydrogen) atoms. The SMILES string of the molecule is Cc1c2c(nn1C)C[C@@H]1[C@H]2C1(C)C. The van der Waals surface area contributed by atoms with Crippen molar-refractivity contribution in [3.63, 3.8) is 0 Å². The molecule has 2 aliphatic rings. The predicted molar refractivity (Wildman–Crippen MR) is 51.7 cm³/mol. The molecular weight excluding hydrogens is 160 g/mol. The second kappa shape index (κ2) is 1.84. The Bertz CT molecular complexity index is 387. The van der Waals surface area contributed by atoms with Gasteiger partial charge in [0.05, 0.1) is 5.69 Å². The first kappa shape index (κ1) is 7.60. The Hall–Kier alpha value is -0.790. The van der Waals surface area contributed by atoms with Crippen molar-refractivity contribution >= 4 is 0 Å². The van der Waals surface area contributed by atoms with E-state index in [1.807, 2.05) is 4.68 Å². The molecule has 0 aromatic carbocycles. The molecule has 1 aromatic rings. The third kappa shape index (κ3) is 0.687. The topological polar surface area (TPSA) is 17.8 Å². The zero-order chi connectivity index (χ0) is 9.38. The van der Waals surface area contributed by atoms with Crippen molar-refractivity contribution in [1.82, 2.24) is 9.78 Å². The summed E-state index contributed by atoms with van der Waals surface area (Å²) in [5, 5.41) is 4.55. The molecule has 2 aliphatic carbocycles. The highest BCUT2D eigenvalue weighted by molar-refractivity contribution is 5.45. The van der Waals surface area contributed by atoms with Crippen LogP contribution >= 0.6 is 0 Å². The van der Waals surface area contributed by atoms with Crippen molar-refractivity contribution in [3.05, 3.63) is 17.0 Å². The number of aryl methyl sites for hydroxylation is 1. The average molecular weight is 176 g/mol. The van der Waals surface area contributed by atoms with E-state index in [-0.39, 0.29) is 0 Å². The van der Waals surface area contributed by atoms with Gasteiger partial charge in [0.15, 0.2) is 0 Å². The molecule has 0 N–H and O–H groups in total. The number of hydrogen-bond donors (Lipinski definition) is 0. The molecule has 1 aromatic heterocycles. The smallest absolute Gasteiger partial charge is 0.0665 e. The van der Waals surface area contributed by atoms with Crippen LogP contribution in [0.3, 0.4) is 0 Å². The highest BCUT2D eigenvalue weighted by Crippen LogP contribution is 2.70. The van der Waals surface area contributed by atoms with Crippen LogP contribution in [-0.2, 0) is 13.5 Å². The summed E-state index contributed by atoms with van der Waals surface area (Å²) in [6.45, 7) is 6.97. The second-order valence-electron chi connectivity index (χ2n) is 5.18. The normalized spacial score (nSPS) is 32.9. The van der Waals surface area contributed by atoms with Gasteiger partial charge in [0.1, 0.15) is 0 Å². The van der Waals surface area contributed by atoms with E-state index in [4.69, 9.17) is 0 Å². The quantitative estimate of drug-likeness (QED) is 0.591. The fraction of sp³-hybridized carbons (Fsp3) is 0.727. The zero-order valence-electron chi connectivity index (χ0n) is 8.76. The van der Waals surface area contributed by atoms with Crippen molar-refractivity contribution in [2.45, 2.75) is 33.1 Å². The summed E-state index contributed by atoms with van der Waals surface area (Å²) in [6.07, 6.45) is 1.22. The maximum atomic E-state index is 4.55. The van der Waals surface area contributed by atoms with Gasteiger partial charge in [-0.05, 0) is 30.6 Å². The van der Waals surface area contributed by atoms with E-state index in [1.165, 1.54) is 17.8 Å². The van der Waals surface area contributed by atoms with Crippen molar-refractivity contribution in [2.75, 3.05) is 0 Å². The second-order valence-corrected chi connectivity index (χ2v) is 5.18. The van der Waals surface area contributed by atoms with Crippen molar-refractivity contribution < 1.29 is 0 Å². The number of hydrogen-bond acceptors (Lipinski definition) is 1. The fourth-order valence-corrected chi connectivity index (χ4v) is 3.15. The first-order valence-electron chi connectivity index (χ1n) is 5.06. The minimum absolute atomic E-state index is 0.556. The molecule has 2 nitrogen and oxygen atoms in total. The van der Waals surface area contributed by atoms with Crippen LogP contribution in [0.1, 0.15) is 36.7 Å². The molecule has 0 unspecified atom stereocenters. The molecule has 70 valence electrons. The minimum Gasteiger partial charge on any atom is -0.272 e. The summed E-state index contributed by atoms with van der Waals surface area (Å²) < 4.78 is 2.04. The van der Waals surface area contributed by atoms with E-state index in [0.29, 0.717) is 5.41 Å². The van der Waals surface area contributed by atoms with Gasteiger partial charge in [0.2, 0.25) is 0 Å². The molecule has 0 aliphatic heterocycles. The molecular formula is C11H16N2. The van der Waals surface area contributed by atoms with Gasteiger partial charge in [-0.1, -0.05) is 13.8 Å². The minimum atomic E-state index is 0.556. The fourth-order valence-electron chi connectivity index (χ4n) is 3.15. The molecule has 1 fully saturated rings. The van der Waals surface area contributed by atoms with Crippen molar-refractivity contribution in [2.24, 2.45) is 18.4 Å². The lowest BCUT2D eigenvalue weighted by Crippen LogP contribution is -1.99. The van der Waals surface area contributed by atoms with Gasteiger partial charge < -0.3 is 0 Å². The Morgan fingerprint density at radius 2 is 2.15 bits per heavy atom. The largest absolute Gasteiger partial charge is 0.272 e. The summed E-state index contributed by atoms with van der Waals surface area (Å²) in [7, 11) is 2.05. The molecule has 0 bridgehead atoms. The van der Waals surface area contributed by atoms with Crippen LogP contribution in [0.5, 0.6) is 0 Å². The maximum absolute atomic E-state index is 4.55. The van der Waals surface area contributed by atoms with Crippen LogP contribution in [-0.4, -0.2) is 9.78 Å². The van der Waals surface area contributed by atoms with Crippen LogP contribution in [0.25, 0.3) is 0 Å². The molecule has 0 saturated heterocycles. The van der Waals surface area contributed by atoms with E-state index in [2.05, 4.69) is 32.9 Å². The van der Waals surface area contributed by atoms with Gasteiger partial charge in [-0.2, -0.15) is 5.10 Å². The van der Waals surface area contributed by atoms with Gasteiger partial charge >= 0.3 is 0 Å². The van der Waals surface area contributed by atoms with Crippen LogP contribution in [0, 0.1) is 18.3 Å². The predicted octanol–water partition coefficient (Wildman–Crippen LogP) is 2.02. The zero-order valence-corrected chi connectivity index (χ0v) is 8.76. The van der Waals surface area contributed by atoms with E-state index < -0.39 is 0 Å². The van der Waals surface area contributed by atoms with Gasteiger partial charge in [-0.15, -0.1) is 0 Å². The van der Waals surface area contributed by atoms with Gasteiger partial charge in [0.25, 0.3) is 0 Å². The Labute approximate surface area is 78.9 Å². The number of rotatable bonds is 0. The summed E-state index contributed by atoms with van der Waals surface area (Å²) >= 11 is 0. The Morgan fingerprint density at radius 1 is 1.46 bits per heavy atom. The number of aromatic nitrogens is 2. The standard InChI is InChI=1S/C11H16N2/c1-6-9-8(12-13(6)4)5-7-10(9)11(7,2)3/h7,10H,5H2,1-4H3/t7-,10-/m1/s1. The van der Waals surface area contributed by atoms with Crippen molar-refractivity contribution in [1.29, 1.82) is 0 Å². The highest BCUT2D eigenvalue weighted by Gasteiger charge is 2.63. The highest BCUT2D eigenvalue weighted by atomic mass is 15.3. The van der Waals surface area contributed by atoms with Gasteiger partial charge in [-0.3, -0.25) is 4.68 Å². The van der Waals surface area contributed by atoms with E-state index >= 15 is 0 Å². The molecule has 1 saturated carbocycles. The third-order valence-corrected chi connectivity index (χ3v) is 4.23. The summed E-state index contributed by atoms with van der Waals surface area (Å²) in [4.78, 5) is 0. The lowest BCUT2D eigenvalue weighted by Gasteiger charge is -2.06. The Kier molecular flexibility index (Phi) is 1.07. The van der Waals surface area contributed by atoms with Crippen LogP contribution in [0.4, 0.5) is 0 Å². The monoisotopic (exact) mass is 176 g/mol. The molecule has 1 heterocycles. The first-order valence-corrected chi connectivity index (χ1v) is 5.06. The number of nitrogens with zero attached hydrogens (tertiary/aromatic N) is 2. The van der Waals surface area contributed by atoms with Gasteiger partial charge in [0, 0.05) is 18.3 Å². The Morgan fingerprint density at radius 3 is 2.85 bits per heavy atom. The Balaban J connectivity index is 2.15. The molecule has 0 spiro atoms. The van der Waals surface area contributed by atoms with E-state index in [1.54, 1.807) is 5.56 Å². The third-order valence-electron chi connectivity index (χ3n) is 4.23. The van der Waals surface area contributed by atoms with E-state index in [9.17, 15) is 0 Å². The lowest BCUT2D eigenvalue weighted by atomic mass is 9.98. The summed E-state index contributed by atoms with van der Waals surface area (Å²) in [5.74, 6) is 1.71. The molecule has 0 radical (unpaired) electrons. The number of fused-ring (bicyclic) bond motifs is 3. The van der Waals surface area contributed by atoms with Crippen LogP contribution in [0.15, 0.2) is 0 Å². The first-order chi connectivity index (χ1) is 6.03. The molecule has 2 heteroatoms. The van der Waals surface area contributed by atoms with Crippen molar-refractivity contribution in [3.8, 4) is 0 Å². The van der Waals surface area contributed by atoms with Crippen LogP contribution in [0.2, 0.25) is 0 Å². The molecule has 0 amide bonds. The average Bonchev–Trinajstić information content (AvgIpc) is 2.46. The lowest BCUT2D eigenvalue weighted by molar-refractivity contribution is 0.536.